The van der Waals surface area contributed by atoms with Crippen molar-refractivity contribution in [3.05, 3.63) is 41.6 Å². The molecule has 1 aromatic heterocycles. The number of aromatic nitrogens is 2. The first kappa shape index (κ1) is 13.8. The van der Waals surface area contributed by atoms with Crippen molar-refractivity contribution < 1.29 is 9.53 Å². The van der Waals surface area contributed by atoms with Gasteiger partial charge in [-0.15, -0.1) is 10.2 Å². The van der Waals surface area contributed by atoms with Crippen molar-refractivity contribution in [3.8, 4) is 11.6 Å². The summed E-state index contributed by atoms with van der Waals surface area (Å²) in [7, 11) is 0. The molecule has 2 aromatic rings. The zero-order valence-corrected chi connectivity index (χ0v) is 11.4. The van der Waals surface area contributed by atoms with Gasteiger partial charge in [-0.3, -0.25) is 4.79 Å². The maximum atomic E-state index is 11.5. The molecule has 1 heterocycles. The van der Waals surface area contributed by atoms with Crippen LogP contribution in [0.25, 0.3) is 0 Å². The van der Waals surface area contributed by atoms with Gasteiger partial charge >= 0.3 is 0 Å². The minimum absolute atomic E-state index is 0.255. The van der Waals surface area contributed by atoms with Crippen LogP contribution in [0.15, 0.2) is 30.3 Å². The third-order valence-corrected chi connectivity index (χ3v) is 2.67. The Balaban J connectivity index is 2.10. The number of nitrogens with one attached hydrogen (secondary N) is 1. The van der Waals surface area contributed by atoms with Crippen molar-refractivity contribution in [2.75, 3.05) is 12.3 Å². The lowest BCUT2D eigenvalue weighted by Crippen LogP contribution is -2.23. The molecular weight excluding hydrogens is 256 g/mol. The summed E-state index contributed by atoms with van der Waals surface area (Å²) >= 11 is 0. The number of amides is 1. The number of nitrogen functional groups attached to an aromatic ring is 1. The van der Waals surface area contributed by atoms with Crippen LogP contribution in [0.3, 0.4) is 0 Å². The molecule has 0 bridgehead atoms. The van der Waals surface area contributed by atoms with Crippen molar-refractivity contribution in [1.82, 2.24) is 15.5 Å². The molecule has 104 valence electrons. The summed E-state index contributed by atoms with van der Waals surface area (Å²) in [6.45, 7) is 4.28. The van der Waals surface area contributed by atoms with Crippen LogP contribution in [0.5, 0.6) is 11.6 Å². The number of anilines is 1. The first-order valence-corrected chi connectivity index (χ1v) is 6.26. The van der Waals surface area contributed by atoms with Gasteiger partial charge in [-0.1, -0.05) is 0 Å². The van der Waals surface area contributed by atoms with E-state index in [4.69, 9.17) is 10.5 Å². The summed E-state index contributed by atoms with van der Waals surface area (Å²) in [5, 5.41) is 10.3. The highest BCUT2D eigenvalue weighted by atomic mass is 16.5. The van der Waals surface area contributed by atoms with E-state index in [2.05, 4.69) is 15.5 Å². The number of hydrogen-bond acceptors (Lipinski definition) is 5. The van der Waals surface area contributed by atoms with Gasteiger partial charge in [0.05, 0.1) is 0 Å². The van der Waals surface area contributed by atoms with E-state index in [1.165, 1.54) is 0 Å². The molecule has 0 saturated carbocycles. The molecular formula is C14H16N4O2. The maximum absolute atomic E-state index is 11.5. The van der Waals surface area contributed by atoms with Crippen LogP contribution in [0, 0.1) is 6.92 Å². The first-order valence-electron chi connectivity index (χ1n) is 6.26. The Kier molecular flexibility index (Phi) is 4.14. The number of aryl methyl sites for hydroxylation is 1. The van der Waals surface area contributed by atoms with Crippen LogP contribution in [0.1, 0.15) is 23.0 Å². The third-order valence-electron chi connectivity index (χ3n) is 2.67. The monoisotopic (exact) mass is 272 g/mol. The molecule has 20 heavy (non-hydrogen) atoms. The quantitative estimate of drug-likeness (QED) is 0.830. The number of rotatable bonds is 4. The van der Waals surface area contributed by atoms with Gasteiger partial charge in [0.1, 0.15) is 5.75 Å². The molecule has 0 atom stereocenters. The van der Waals surface area contributed by atoms with Gasteiger partial charge in [0.15, 0.2) is 5.69 Å². The lowest BCUT2D eigenvalue weighted by atomic mass is 10.2. The standard InChI is InChI=1S/C14H16N4O2/c1-3-16-14(19)12-6-7-13(18-17-12)20-10-4-5-11(15)9(2)8-10/h4-8H,3,15H2,1-2H3,(H,16,19). The van der Waals surface area contributed by atoms with Crippen molar-refractivity contribution >= 4 is 11.6 Å². The number of nitrogens with zero attached hydrogens (tertiary/aromatic N) is 2. The number of carbonyl (C=O) groups excluding carboxylic acids is 1. The van der Waals surface area contributed by atoms with E-state index in [-0.39, 0.29) is 11.6 Å². The van der Waals surface area contributed by atoms with E-state index in [1.54, 1.807) is 24.3 Å². The molecule has 6 heteroatoms. The Morgan fingerprint density at radius 2 is 2.10 bits per heavy atom. The highest BCUT2D eigenvalue weighted by Gasteiger charge is 2.07. The smallest absolute Gasteiger partial charge is 0.271 e. The Morgan fingerprint density at radius 1 is 1.30 bits per heavy atom. The van der Waals surface area contributed by atoms with E-state index in [0.29, 0.717) is 23.9 Å². The molecule has 0 aliphatic heterocycles. The van der Waals surface area contributed by atoms with Crippen LogP contribution in [-0.2, 0) is 0 Å². The first-order chi connectivity index (χ1) is 9.60. The highest BCUT2D eigenvalue weighted by Crippen LogP contribution is 2.22. The van der Waals surface area contributed by atoms with Gasteiger partial charge in [-0.05, 0) is 43.7 Å². The van der Waals surface area contributed by atoms with Gasteiger partial charge in [-0.2, -0.15) is 0 Å². The lowest BCUT2D eigenvalue weighted by Gasteiger charge is -2.07. The van der Waals surface area contributed by atoms with Gasteiger partial charge in [0, 0.05) is 18.3 Å². The molecule has 0 radical (unpaired) electrons. The van der Waals surface area contributed by atoms with Crippen molar-refractivity contribution in [2.24, 2.45) is 0 Å². The van der Waals surface area contributed by atoms with E-state index < -0.39 is 0 Å². The molecule has 0 aliphatic rings. The second kappa shape index (κ2) is 6.01. The molecule has 6 nitrogen and oxygen atoms in total. The predicted octanol–water partition coefficient (Wildman–Crippen LogP) is 1.91. The van der Waals surface area contributed by atoms with Crippen LogP contribution < -0.4 is 15.8 Å². The largest absolute Gasteiger partial charge is 0.438 e. The molecule has 3 N–H and O–H groups in total. The number of ether oxygens (including phenoxy) is 1. The molecule has 1 aromatic carbocycles. The molecule has 0 unspecified atom stereocenters. The van der Waals surface area contributed by atoms with Gasteiger partial charge < -0.3 is 15.8 Å². The topological polar surface area (TPSA) is 90.1 Å². The Bertz CT molecular complexity index is 611. The molecule has 0 aliphatic carbocycles. The summed E-state index contributed by atoms with van der Waals surface area (Å²) in [6.07, 6.45) is 0. The molecule has 0 spiro atoms. The minimum atomic E-state index is -0.255. The summed E-state index contributed by atoms with van der Waals surface area (Å²) in [5.41, 5.74) is 7.62. The number of nitrogens with two attached hydrogens (primary N) is 1. The van der Waals surface area contributed by atoms with E-state index in [1.807, 2.05) is 19.9 Å². The molecule has 1 amide bonds. The second-order valence-corrected chi connectivity index (χ2v) is 4.24. The van der Waals surface area contributed by atoms with Crippen LogP contribution >= 0.6 is 0 Å². The van der Waals surface area contributed by atoms with Crippen LogP contribution in [0.4, 0.5) is 5.69 Å². The fraction of sp³-hybridized carbons (Fsp3) is 0.214. The normalized spacial score (nSPS) is 10.1. The number of benzene rings is 1. The summed E-state index contributed by atoms with van der Waals surface area (Å²) in [4.78, 5) is 11.5. The number of carbonyl (C=O) groups is 1. The minimum Gasteiger partial charge on any atom is -0.438 e. The van der Waals surface area contributed by atoms with E-state index in [0.717, 1.165) is 5.56 Å². The van der Waals surface area contributed by atoms with E-state index in [9.17, 15) is 4.79 Å². The number of hydrogen-bond donors (Lipinski definition) is 2. The zero-order chi connectivity index (χ0) is 14.5. The SMILES string of the molecule is CCNC(=O)c1ccc(Oc2ccc(N)c(C)c2)nn1. The lowest BCUT2D eigenvalue weighted by molar-refractivity contribution is 0.0949. The Labute approximate surface area is 117 Å². The van der Waals surface area contributed by atoms with Crippen LogP contribution in [-0.4, -0.2) is 22.6 Å². The Hall–Kier alpha value is -2.63. The predicted molar refractivity (Wildman–Crippen MR) is 75.7 cm³/mol. The maximum Gasteiger partial charge on any atom is 0.271 e. The van der Waals surface area contributed by atoms with Crippen LogP contribution in [0.2, 0.25) is 0 Å². The summed E-state index contributed by atoms with van der Waals surface area (Å²) in [6, 6.07) is 8.50. The highest BCUT2D eigenvalue weighted by molar-refractivity contribution is 5.91. The second-order valence-electron chi connectivity index (χ2n) is 4.24. The molecule has 0 saturated heterocycles. The third kappa shape index (κ3) is 3.23. The van der Waals surface area contributed by atoms with Crippen molar-refractivity contribution in [2.45, 2.75) is 13.8 Å². The summed E-state index contributed by atoms with van der Waals surface area (Å²) in [5.74, 6) is 0.689. The van der Waals surface area contributed by atoms with Gasteiger partial charge in [0.2, 0.25) is 5.88 Å². The van der Waals surface area contributed by atoms with Crippen molar-refractivity contribution in [1.29, 1.82) is 0 Å². The fourth-order valence-electron chi connectivity index (χ4n) is 1.58. The summed E-state index contributed by atoms with van der Waals surface area (Å²) < 4.78 is 5.55. The van der Waals surface area contributed by atoms with Crippen molar-refractivity contribution in [3.63, 3.8) is 0 Å². The van der Waals surface area contributed by atoms with Gasteiger partial charge in [0.25, 0.3) is 5.91 Å². The molecule has 2 rings (SSSR count). The fourth-order valence-corrected chi connectivity index (χ4v) is 1.58. The van der Waals surface area contributed by atoms with E-state index >= 15 is 0 Å². The molecule has 0 fully saturated rings. The van der Waals surface area contributed by atoms with Gasteiger partial charge in [-0.25, -0.2) is 0 Å². The average molecular weight is 272 g/mol. The average Bonchev–Trinajstić information content (AvgIpc) is 2.44. The zero-order valence-electron chi connectivity index (χ0n) is 11.4. The Morgan fingerprint density at radius 3 is 2.70 bits per heavy atom.